The monoisotopic (exact) mass is 303 g/mol. The number of nitrogens with one attached hydrogen (secondary N) is 1. The topological polar surface area (TPSA) is 45.2 Å². The average molecular weight is 303 g/mol. The van der Waals surface area contributed by atoms with Crippen molar-refractivity contribution in [2.75, 3.05) is 11.9 Å². The number of carbonyl (C=O) groups is 1. The van der Waals surface area contributed by atoms with E-state index in [1.165, 1.54) is 0 Å². The smallest absolute Gasteiger partial charge is 0.363 e. The number of carbonyl (C=O) groups excluding carboxylic acids is 1. The van der Waals surface area contributed by atoms with Crippen molar-refractivity contribution in [2.24, 2.45) is 5.92 Å². The van der Waals surface area contributed by atoms with Gasteiger partial charge >= 0.3 is 6.18 Å². The van der Waals surface area contributed by atoms with E-state index in [4.69, 9.17) is 0 Å². The minimum atomic E-state index is -4.62. The van der Waals surface area contributed by atoms with E-state index >= 15 is 0 Å². The van der Waals surface area contributed by atoms with Crippen LogP contribution in [0.2, 0.25) is 0 Å². The van der Waals surface area contributed by atoms with Gasteiger partial charge in [0.2, 0.25) is 6.41 Å². The molecule has 2 aliphatic rings. The molecular weight excluding hydrogens is 290 g/mol. The molecule has 3 rings (SSSR count). The van der Waals surface area contributed by atoms with Crippen molar-refractivity contribution in [3.05, 3.63) is 23.6 Å². The van der Waals surface area contributed by atoms with Crippen molar-refractivity contribution in [1.82, 2.24) is 9.88 Å². The highest BCUT2D eigenvalue weighted by Crippen LogP contribution is 2.38. The van der Waals surface area contributed by atoms with E-state index in [9.17, 15) is 22.4 Å². The van der Waals surface area contributed by atoms with Gasteiger partial charge in [-0.3, -0.25) is 4.79 Å². The Morgan fingerprint density at radius 1 is 1.38 bits per heavy atom. The van der Waals surface area contributed by atoms with Gasteiger partial charge in [-0.05, 0) is 24.8 Å². The Balaban J connectivity index is 1.76. The van der Waals surface area contributed by atoms with Crippen LogP contribution in [0.5, 0.6) is 0 Å². The summed E-state index contributed by atoms with van der Waals surface area (Å²) in [6, 6.07) is 0.212. The maximum atomic E-state index is 13.7. The third kappa shape index (κ3) is 2.54. The normalized spacial score (nSPS) is 28.0. The SMILES string of the molecule is O=CN1C[C@H]2C[C@@H](Nc3ncc(C(F)(F)F)cc3F)[C@@H]1C2. The maximum Gasteiger partial charge on any atom is 0.417 e. The number of likely N-dealkylation sites (tertiary alicyclic amines) is 1. The van der Waals surface area contributed by atoms with Gasteiger partial charge in [0, 0.05) is 18.8 Å². The number of alkyl halides is 3. The second-order valence-corrected chi connectivity index (χ2v) is 5.51. The number of hydrogen-bond acceptors (Lipinski definition) is 3. The number of nitrogens with zero attached hydrogens (tertiary/aromatic N) is 2. The molecule has 3 atom stereocenters. The van der Waals surface area contributed by atoms with Crippen LogP contribution in [0, 0.1) is 11.7 Å². The number of aromatic nitrogens is 1. The van der Waals surface area contributed by atoms with Crippen LogP contribution in [0.25, 0.3) is 0 Å². The fraction of sp³-hybridized carbons (Fsp3) is 0.538. The molecule has 1 saturated heterocycles. The van der Waals surface area contributed by atoms with Crippen LogP contribution in [-0.4, -0.2) is 34.9 Å². The molecule has 1 aliphatic carbocycles. The number of pyridine rings is 1. The minimum Gasteiger partial charge on any atom is -0.363 e. The summed E-state index contributed by atoms with van der Waals surface area (Å²) in [4.78, 5) is 16.1. The Bertz CT molecular complexity index is 563. The Hall–Kier alpha value is -1.86. The maximum absolute atomic E-state index is 13.7. The molecule has 1 saturated carbocycles. The number of rotatable bonds is 3. The van der Waals surface area contributed by atoms with Gasteiger partial charge in [0.25, 0.3) is 0 Å². The molecule has 1 aliphatic heterocycles. The lowest BCUT2D eigenvalue weighted by Crippen LogP contribution is -2.44. The summed E-state index contributed by atoms with van der Waals surface area (Å²) in [5.41, 5.74) is -1.12. The first kappa shape index (κ1) is 14.1. The largest absolute Gasteiger partial charge is 0.417 e. The zero-order valence-corrected chi connectivity index (χ0v) is 10.9. The fourth-order valence-corrected chi connectivity index (χ4v) is 3.22. The summed E-state index contributed by atoms with van der Waals surface area (Å²) < 4.78 is 51.1. The molecule has 0 radical (unpaired) electrons. The Morgan fingerprint density at radius 2 is 2.14 bits per heavy atom. The molecule has 1 N–H and O–H groups in total. The summed E-state index contributed by atoms with van der Waals surface area (Å²) in [7, 11) is 0. The summed E-state index contributed by atoms with van der Waals surface area (Å²) >= 11 is 0. The Labute approximate surface area is 118 Å². The Morgan fingerprint density at radius 3 is 2.71 bits per heavy atom. The van der Waals surface area contributed by atoms with Crippen LogP contribution in [-0.2, 0) is 11.0 Å². The molecule has 0 spiro atoms. The highest BCUT2D eigenvalue weighted by molar-refractivity contribution is 5.50. The summed E-state index contributed by atoms with van der Waals surface area (Å²) in [6.45, 7) is 0.690. The number of piperidine rings is 1. The van der Waals surface area contributed by atoms with Crippen LogP contribution < -0.4 is 5.32 Å². The van der Waals surface area contributed by atoms with Crippen LogP contribution in [0.15, 0.2) is 12.3 Å². The van der Waals surface area contributed by atoms with Crippen LogP contribution >= 0.6 is 0 Å². The first-order valence-electron chi connectivity index (χ1n) is 6.59. The molecular formula is C13H13F4N3O. The van der Waals surface area contributed by atoms with Gasteiger partial charge in [-0.2, -0.15) is 13.2 Å². The third-order valence-electron chi connectivity index (χ3n) is 4.15. The second kappa shape index (κ2) is 4.85. The number of halogens is 4. The molecule has 0 aromatic carbocycles. The standard InChI is InChI=1S/C13H13F4N3O/c14-9-3-8(13(15,16)17)4-18-12(9)19-10-1-7-2-11(10)20(5-7)6-21/h3-4,6-7,10-11H,1-2,5H2,(H,18,19)/t7-,10+,11-/m0/s1. The predicted molar refractivity (Wildman–Crippen MR) is 65.9 cm³/mol. The zero-order valence-electron chi connectivity index (χ0n) is 10.9. The summed E-state index contributed by atoms with van der Waals surface area (Å²) in [5, 5.41) is 2.83. The fourth-order valence-electron chi connectivity index (χ4n) is 3.22. The van der Waals surface area contributed by atoms with Crippen LogP contribution in [0.4, 0.5) is 23.4 Å². The van der Waals surface area contributed by atoms with Gasteiger partial charge in [-0.1, -0.05) is 0 Å². The quantitative estimate of drug-likeness (QED) is 0.688. The highest BCUT2D eigenvalue weighted by Gasteiger charge is 2.44. The van der Waals surface area contributed by atoms with Gasteiger partial charge in [0.05, 0.1) is 11.6 Å². The second-order valence-electron chi connectivity index (χ2n) is 5.51. The first-order chi connectivity index (χ1) is 9.88. The van der Waals surface area contributed by atoms with E-state index in [-0.39, 0.29) is 17.9 Å². The van der Waals surface area contributed by atoms with Crippen molar-refractivity contribution in [1.29, 1.82) is 0 Å². The van der Waals surface area contributed by atoms with Crippen molar-refractivity contribution < 1.29 is 22.4 Å². The molecule has 1 aromatic rings. The van der Waals surface area contributed by atoms with Crippen LogP contribution in [0.1, 0.15) is 18.4 Å². The van der Waals surface area contributed by atoms with Crippen LogP contribution in [0.3, 0.4) is 0 Å². The third-order valence-corrected chi connectivity index (χ3v) is 4.15. The lowest BCUT2D eigenvalue weighted by molar-refractivity contribution is -0.138. The number of anilines is 1. The molecule has 2 bridgehead atoms. The number of amides is 1. The van der Waals surface area contributed by atoms with E-state index < -0.39 is 17.6 Å². The lowest BCUT2D eigenvalue weighted by Gasteiger charge is -2.31. The van der Waals surface area contributed by atoms with E-state index in [0.717, 1.165) is 19.3 Å². The molecule has 114 valence electrons. The van der Waals surface area contributed by atoms with Gasteiger partial charge in [0.1, 0.15) is 0 Å². The molecule has 1 aromatic heterocycles. The number of fused-ring (bicyclic) bond motifs is 2. The van der Waals surface area contributed by atoms with Crippen molar-refractivity contribution in [3.63, 3.8) is 0 Å². The average Bonchev–Trinajstić information content (AvgIpc) is 2.99. The van der Waals surface area contributed by atoms with Crippen molar-refractivity contribution in [3.8, 4) is 0 Å². The van der Waals surface area contributed by atoms with E-state index in [0.29, 0.717) is 24.7 Å². The summed E-state index contributed by atoms with van der Waals surface area (Å²) in [6.07, 6.45) is -1.66. The Kier molecular flexibility index (Phi) is 3.26. The van der Waals surface area contributed by atoms with E-state index in [2.05, 4.69) is 10.3 Å². The van der Waals surface area contributed by atoms with Gasteiger partial charge in [-0.15, -0.1) is 0 Å². The molecule has 2 fully saturated rings. The minimum absolute atomic E-state index is 0.0454. The molecule has 8 heteroatoms. The summed E-state index contributed by atoms with van der Waals surface area (Å²) in [5.74, 6) is -0.883. The molecule has 2 heterocycles. The molecule has 4 nitrogen and oxygen atoms in total. The van der Waals surface area contributed by atoms with Crippen molar-refractivity contribution in [2.45, 2.75) is 31.1 Å². The molecule has 0 unspecified atom stereocenters. The van der Waals surface area contributed by atoms with E-state index in [1.54, 1.807) is 4.90 Å². The highest BCUT2D eigenvalue weighted by atomic mass is 19.4. The van der Waals surface area contributed by atoms with E-state index in [1.807, 2.05) is 0 Å². The molecule has 1 amide bonds. The first-order valence-corrected chi connectivity index (χ1v) is 6.59. The lowest BCUT2D eigenvalue weighted by atomic mass is 10.1. The predicted octanol–water partition coefficient (Wildman–Crippen LogP) is 2.27. The molecule has 21 heavy (non-hydrogen) atoms. The van der Waals surface area contributed by atoms with Gasteiger partial charge in [0.15, 0.2) is 11.6 Å². The zero-order chi connectivity index (χ0) is 15.2. The van der Waals surface area contributed by atoms with Gasteiger partial charge < -0.3 is 10.2 Å². The van der Waals surface area contributed by atoms with Gasteiger partial charge in [-0.25, -0.2) is 9.37 Å². The number of hydrogen-bond donors (Lipinski definition) is 1. The van der Waals surface area contributed by atoms with Crippen molar-refractivity contribution >= 4 is 12.2 Å².